The SMILES string of the molecule is [O-][N+]([O-])=C1C=CC(=C2C=C(c3ccccn3)Nc3ccc4ccccc4c32)C=C1. The zero-order valence-corrected chi connectivity index (χ0v) is 15.4. The van der Waals surface area contributed by atoms with E-state index < -0.39 is 0 Å². The van der Waals surface area contributed by atoms with Gasteiger partial charge in [0.2, 0.25) is 5.71 Å². The zero-order valence-electron chi connectivity index (χ0n) is 15.4. The molecule has 2 aliphatic rings. The first kappa shape index (κ1) is 17.0. The van der Waals surface area contributed by atoms with Gasteiger partial charge >= 0.3 is 0 Å². The van der Waals surface area contributed by atoms with Crippen molar-refractivity contribution in [2.24, 2.45) is 0 Å². The largest absolute Gasteiger partial charge is 0.612 e. The second-order valence-electron chi connectivity index (χ2n) is 6.82. The molecule has 5 nitrogen and oxygen atoms in total. The number of nitrogens with one attached hydrogen (secondary N) is 1. The minimum atomic E-state index is -0.380. The number of aromatic nitrogens is 1. The molecule has 0 fully saturated rings. The van der Waals surface area contributed by atoms with Gasteiger partial charge in [-0.3, -0.25) is 4.98 Å². The van der Waals surface area contributed by atoms with Crippen LogP contribution in [0.2, 0.25) is 0 Å². The highest BCUT2D eigenvalue weighted by atomic mass is 16.8. The highest BCUT2D eigenvalue weighted by Gasteiger charge is 2.21. The molecular formula is C24H16N3O2-. The first-order chi connectivity index (χ1) is 14.2. The van der Waals surface area contributed by atoms with Crippen molar-refractivity contribution in [1.82, 2.24) is 4.98 Å². The van der Waals surface area contributed by atoms with E-state index in [1.165, 1.54) is 0 Å². The molecule has 1 aliphatic heterocycles. The molecule has 140 valence electrons. The Kier molecular flexibility index (Phi) is 3.99. The van der Waals surface area contributed by atoms with E-state index in [4.69, 9.17) is 0 Å². The van der Waals surface area contributed by atoms with E-state index in [0.717, 1.165) is 44.6 Å². The molecule has 29 heavy (non-hydrogen) atoms. The molecule has 1 aromatic heterocycles. The summed E-state index contributed by atoms with van der Waals surface area (Å²) in [4.78, 5) is 4.09. The van der Waals surface area contributed by atoms with Crippen LogP contribution < -0.4 is 5.32 Å². The molecule has 5 heteroatoms. The molecule has 5 rings (SSSR count). The van der Waals surface area contributed by atoms with Crippen LogP contribution in [0.5, 0.6) is 0 Å². The lowest BCUT2D eigenvalue weighted by molar-refractivity contribution is -0.377. The van der Waals surface area contributed by atoms with Gasteiger partial charge in [0.25, 0.3) is 0 Å². The number of anilines is 1. The molecule has 0 spiro atoms. The van der Waals surface area contributed by atoms with Crippen molar-refractivity contribution < 1.29 is 4.90 Å². The molecule has 0 saturated carbocycles. The summed E-state index contributed by atoms with van der Waals surface area (Å²) in [6, 6.07) is 18.2. The van der Waals surface area contributed by atoms with Crippen molar-refractivity contribution in [2.45, 2.75) is 0 Å². The van der Waals surface area contributed by atoms with Gasteiger partial charge in [-0.25, -0.2) is 0 Å². The van der Waals surface area contributed by atoms with E-state index in [1.807, 2.05) is 30.3 Å². The summed E-state index contributed by atoms with van der Waals surface area (Å²) in [6.07, 6.45) is 10.5. The van der Waals surface area contributed by atoms with Crippen molar-refractivity contribution in [3.05, 3.63) is 118 Å². The number of benzene rings is 2. The van der Waals surface area contributed by atoms with E-state index in [-0.39, 0.29) is 10.6 Å². The Morgan fingerprint density at radius 2 is 1.62 bits per heavy atom. The third kappa shape index (κ3) is 2.99. The minimum Gasteiger partial charge on any atom is -0.612 e. The second-order valence-corrected chi connectivity index (χ2v) is 6.82. The lowest BCUT2D eigenvalue weighted by atomic mass is 9.88. The van der Waals surface area contributed by atoms with Gasteiger partial charge in [0.05, 0.1) is 11.4 Å². The number of allylic oxidation sites excluding steroid dienone is 7. The Morgan fingerprint density at radius 1 is 0.828 bits per heavy atom. The highest BCUT2D eigenvalue weighted by Crippen LogP contribution is 2.41. The summed E-state index contributed by atoms with van der Waals surface area (Å²) in [5.41, 5.74) is 5.80. The van der Waals surface area contributed by atoms with E-state index >= 15 is 0 Å². The lowest BCUT2D eigenvalue weighted by Gasteiger charge is -2.24. The van der Waals surface area contributed by atoms with Crippen molar-refractivity contribution >= 4 is 33.4 Å². The van der Waals surface area contributed by atoms with Crippen LogP contribution in [0.3, 0.4) is 0 Å². The maximum absolute atomic E-state index is 11.1. The van der Waals surface area contributed by atoms with Crippen LogP contribution in [0, 0.1) is 10.4 Å². The fourth-order valence-corrected chi connectivity index (χ4v) is 3.71. The molecule has 1 N–H and O–H groups in total. The van der Waals surface area contributed by atoms with Gasteiger partial charge < -0.3 is 15.7 Å². The fourth-order valence-electron chi connectivity index (χ4n) is 3.71. The van der Waals surface area contributed by atoms with E-state index in [2.05, 4.69) is 40.6 Å². The molecule has 0 bridgehead atoms. The van der Waals surface area contributed by atoms with Crippen LogP contribution in [-0.2, 0) is 0 Å². The predicted molar refractivity (Wildman–Crippen MR) is 117 cm³/mol. The number of hydrogen-bond donors (Lipinski definition) is 1. The van der Waals surface area contributed by atoms with Crippen molar-refractivity contribution in [3.8, 4) is 0 Å². The maximum atomic E-state index is 11.1. The Bertz CT molecular complexity index is 1260. The Morgan fingerprint density at radius 3 is 2.38 bits per heavy atom. The molecule has 0 unspecified atom stereocenters. The summed E-state index contributed by atoms with van der Waals surface area (Å²) in [7, 11) is 0. The number of nitrogens with zero attached hydrogens (tertiary/aromatic N) is 2. The van der Waals surface area contributed by atoms with E-state index in [1.54, 1.807) is 30.5 Å². The van der Waals surface area contributed by atoms with Crippen molar-refractivity contribution in [2.75, 3.05) is 5.32 Å². The van der Waals surface area contributed by atoms with Crippen LogP contribution in [-0.4, -0.2) is 15.6 Å². The number of pyridine rings is 1. The second kappa shape index (κ2) is 6.80. The molecule has 2 heterocycles. The normalized spacial score (nSPS) is 15.2. The first-order valence-electron chi connectivity index (χ1n) is 9.25. The fraction of sp³-hybridized carbons (Fsp3) is 0. The Hall–Kier alpha value is -4.12. The quantitative estimate of drug-likeness (QED) is 0.476. The molecule has 0 saturated heterocycles. The molecule has 2 aromatic carbocycles. The van der Waals surface area contributed by atoms with Gasteiger partial charge in [-0.15, -0.1) is 0 Å². The number of rotatable bonds is 1. The van der Waals surface area contributed by atoms with Crippen LogP contribution in [0.1, 0.15) is 11.3 Å². The first-order valence-corrected chi connectivity index (χ1v) is 9.25. The van der Waals surface area contributed by atoms with Crippen LogP contribution >= 0.6 is 0 Å². The summed E-state index contributed by atoms with van der Waals surface area (Å²) in [5, 5.41) is 27.9. The monoisotopic (exact) mass is 378 g/mol. The molecular weight excluding hydrogens is 362 g/mol. The topological polar surface area (TPSA) is 74.0 Å². The summed E-state index contributed by atoms with van der Waals surface area (Å²) < 4.78 is 0. The number of hydrogen-bond acceptors (Lipinski definition) is 4. The zero-order chi connectivity index (χ0) is 19.8. The standard InChI is InChI=1S/C24H16N3O2/c28-27(29)18-11-8-17(9-12-18)20-15-23(21-7-3-4-14-25-21)26-22-13-10-16-5-1-2-6-19(16)24(20)22/h1-15,26H/q-1. The Balaban J connectivity index is 1.77. The smallest absolute Gasteiger partial charge is 0.222 e. The van der Waals surface area contributed by atoms with Crippen LogP contribution in [0.25, 0.3) is 22.0 Å². The van der Waals surface area contributed by atoms with Gasteiger partial charge in [0.15, 0.2) is 0 Å². The third-order valence-corrected chi connectivity index (χ3v) is 5.09. The highest BCUT2D eigenvalue weighted by molar-refractivity contribution is 6.10. The molecule has 0 atom stereocenters. The van der Waals surface area contributed by atoms with Crippen molar-refractivity contribution in [3.63, 3.8) is 0 Å². The van der Waals surface area contributed by atoms with E-state index in [0.29, 0.717) is 0 Å². The van der Waals surface area contributed by atoms with Gasteiger partial charge in [-0.1, -0.05) is 36.4 Å². The minimum absolute atomic E-state index is 0.0790. The number of fused-ring (bicyclic) bond motifs is 3. The molecule has 0 amide bonds. The van der Waals surface area contributed by atoms with Crippen LogP contribution in [0.15, 0.2) is 96.7 Å². The van der Waals surface area contributed by atoms with Crippen molar-refractivity contribution in [1.29, 1.82) is 0 Å². The van der Waals surface area contributed by atoms with Gasteiger partial charge in [-0.2, -0.15) is 4.90 Å². The van der Waals surface area contributed by atoms with Gasteiger partial charge in [0, 0.05) is 29.6 Å². The maximum Gasteiger partial charge on any atom is 0.222 e. The van der Waals surface area contributed by atoms with Gasteiger partial charge in [0.1, 0.15) is 0 Å². The third-order valence-electron chi connectivity index (χ3n) is 5.09. The average Bonchev–Trinajstić information content (AvgIpc) is 2.79. The summed E-state index contributed by atoms with van der Waals surface area (Å²) in [5.74, 6) is 0. The van der Waals surface area contributed by atoms with Crippen LogP contribution in [0.4, 0.5) is 5.69 Å². The average molecular weight is 378 g/mol. The molecule has 0 radical (unpaired) electrons. The molecule has 3 aromatic rings. The summed E-state index contributed by atoms with van der Waals surface area (Å²) >= 11 is 0. The predicted octanol–water partition coefficient (Wildman–Crippen LogP) is 5.03. The van der Waals surface area contributed by atoms with Gasteiger partial charge in [-0.05, 0) is 58.3 Å². The van der Waals surface area contributed by atoms with E-state index in [9.17, 15) is 10.4 Å². The summed E-state index contributed by atoms with van der Waals surface area (Å²) in [6.45, 7) is 0. The lowest BCUT2D eigenvalue weighted by Crippen LogP contribution is -2.10. The Labute approximate surface area is 167 Å². The molecule has 1 aliphatic carbocycles.